The van der Waals surface area contributed by atoms with Crippen molar-refractivity contribution in [2.75, 3.05) is 25.0 Å². The Labute approximate surface area is 185 Å². The fourth-order valence-electron chi connectivity index (χ4n) is 3.46. The number of sulfonamides is 1. The number of alkyl halides is 3. The molecule has 1 fully saturated rings. The van der Waals surface area contributed by atoms with Crippen LogP contribution in [0.3, 0.4) is 0 Å². The Bertz CT molecular complexity index is 1020. The number of nitrogens with zero attached hydrogens (tertiary/aromatic N) is 1. The second kappa shape index (κ2) is 10.4. The molecule has 1 heterocycles. The minimum atomic E-state index is -4.58. The van der Waals surface area contributed by atoms with Crippen LogP contribution in [0.5, 0.6) is 5.75 Å². The fraction of sp³-hybridized carbons (Fsp3) is 0.409. The Hall–Kier alpha value is -2.59. The standard InChI is InChI=1S/C22H25F3N2O4S/c23-22(24,25)16-31-20-11-10-18(32(29,30)27-12-6-1-2-7-13-27)15-19(20)26-21(28)14-17-8-4-3-5-9-17/h3-5,8-11,15H,1-2,6-7,12-14,16H2,(H,26,28). The van der Waals surface area contributed by atoms with Gasteiger partial charge in [-0.1, -0.05) is 43.2 Å². The van der Waals surface area contributed by atoms with Crippen molar-refractivity contribution in [2.24, 2.45) is 0 Å². The molecule has 0 saturated carbocycles. The Balaban J connectivity index is 1.87. The lowest BCUT2D eigenvalue weighted by atomic mass is 10.1. The van der Waals surface area contributed by atoms with E-state index in [9.17, 15) is 26.4 Å². The molecule has 0 radical (unpaired) electrons. The van der Waals surface area contributed by atoms with Crippen LogP contribution in [-0.2, 0) is 21.2 Å². The molecule has 0 atom stereocenters. The van der Waals surface area contributed by atoms with Gasteiger partial charge >= 0.3 is 6.18 Å². The number of halogens is 3. The van der Waals surface area contributed by atoms with Crippen LogP contribution in [-0.4, -0.2) is 44.5 Å². The van der Waals surface area contributed by atoms with Crippen molar-refractivity contribution >= 4 is 21.6 Å². The normalized spacial score (nSPS) is 15.7. The molecule has 3 rings (SSSR count). The van der Waals surface area contributed by atoms with Crippen LogP contribution in [0, 0.1) is 0 Å². The van der Waals surface area contributed by atoms with E-state index < -0.39 is 28.7 Å². The predicted molar refractivity (Wildman–Crippen MR) is 114 cm³/mol. The lowest BCUT2D eigenvalue weighted by molar-refractivity contribution is -0.153. The Morgan fingerprint density at radius 1 is 1.00 bits per heavy atom. The third-order valence-corrected chi connectivity index (χ3v) is 6.92. The summed E-state index contributed by atoms with van der Waals surface area (Å²) in [5, 5.41) is 2.51. The van der Waals surface area contributed by atoms with Gasteiger partial charge in [0.15, 0.2) is 6.61 Å². The van der Waals surface area contributed by atoms with E-state index in [1.807, 2.05) is 0 Å². The molecule has 2 aromatic rings. The van der Waals surface area contributed by atoms with Crippen molar-refractivity contribution in [3.05, 3.63) is 54.1 Å². The van der Waals surface area contributed by atoms with Crippen LogP contribution < -0.4 is 10.1 Å². The van der Waals surface area contributed by atoms with E-state index in [0.717, 1.165) is 37.8 Å². The zero-order valence-electron chi connectivity index (χ0n) is 17.4. The molecule has 174 valence electrons. The topological polar surface area (TPSA) is 75.7 Å². The van der Waals surface area contributed by atoms with E-state index in [0.29, 0.717) is 18.7 Å². The number of ether oxygens (including phenoxy) is 1. The molecule has 1 amide bonds. The molecular weight excluding hydrogens is 445 g/mol. The summed E-state index contributed by atoms with van der Waals surface area (Å²) in [6.07, 6.45) is -1.24. The molecule has 0 aromatic heterocycles. The van der Waals surface area contributed by atoms with E-state index in [1.54, 1.807) is 30.3 Å². The molecule has 1 aliphatic rings. The number of benzene rings is 2. The first-order valence-electron chi connectivity index (χ1n) is 10.3. The molecule has 1 saturated heterocycles. The number of carbonyl (C=O) groups is 1. The van der Waals surface area contributed by atoms with Gasteiger partial charge in [-0.15, -0.1) is 0 Å². The van der Waals surface area contributed by atoms with Crippen LogP contribution in [0.2, 0.25) is 0 Å². The molecule has 1 aliphatic heterocycles. The Kier molecular flexibility index (Phi) is 7.78. The SMILES string of the molecule is O=C(Cc1ccccc1)Nc1cc(S(=O)(=O)N2CCCCCC2)ccc1OCC(F)(F)F. The molecule has 2 aromatic carbocycles. The summed E-state index contributed by atoms with van der Waals surface area (Å²) in [5.74, 6) is -0.754. The number of nitrogens with one attached hydrogen (secondary N) is 1. The average molecular weight is 471 g/mol. The molecule has 0 unspecified atom stereocenters. The monoisotopic (exact) mass is 470 g/mol. The van der Waals surface area contributed by atoms with Crippen LogP contribution in [0.15, 0.2) is 53.4 Å². The highest BCUT2D eigenvalue weighted by Crippen LogP contribution is 2.31. The highest BCUT2D eigenvalue weighted by Gasteiger charge is 2.30. The number of hydrogen-bond donors (Lipinski definition) is 1. The maximum absolute atomic E-state index is 13.1. The fourth-order valence-corrected chi connectivity index (χ4v) is 5.00. The molecule has 0 bridgehead atoms. The highest BCUT2D eigenvalue weighted by atomic mass is 32.2. The minimum absolute atomic E-state index is 0.0251. The number of amides is 1. The summed E-state index contributed by atoms with van der Waals surface area (Å²) in [6.45, 7) is -0.804. The van der Waals surface area contributed by atoms with Crippen molar-refractivity contribution in [3.8, 4) is 5.75 Å². The largest absolute Gasteiger partial charge is 0.482 e. The third kappa shape index (κ3) is 6.70. The first-order valence-corrected chi connectivity index (χ1v) is 11.8. The quantitative estimate of drug-likeness (QED) is 0.652. The van der Waals surface area contributed by atoms with Gasteiger partial charge in [0.1, 0.15) is 5.75 Å². The first kappa shape index (κ1) is 24.1. The van der Waals surface area contributed by atoms with E-state index in [-0.39, 0.29) is 22.8 Å². The summed E-state index contributed by atoms with van der Waals surface area (Å²) in [6, 6.07) is 12.3. The van der Waals surface area contributed by atoms with E-state index in [2.05, 4.69) is 5.32 Å². The summed E-state index contributed by atoms with van der Waals surface area (Å²) in [4.78, 5) is 12.4. The first-order chi connectivity index (χ1) is 15.1. The van der Waals surface area contributed by atoms with Crippen LogP contribution >= 0.6 is 0 Å². The van der Waals surface area contributed by atoms with Gasteiger partial charge in [0.05, 0.1) is 17.0 Å². The summed E-state index contributed by atoms with van der Waals surface area (Å²) in [5.41, 5.74) is 0.585. The lowest BCUT2D eigenvalue weighted by Gasteiger charge is -2.21. The number of anilines is 1. The molecule has 0 spiro atoms. The minimum Gasteiger partial charge on any atom is -0.482 e. The number of hydrogen-bond acceptors (Lipinski definition) is 4. The van der Waals surface area contributed by atoms with Crippen molar-refractivity contribution in [1.82, 2.24) is 4.31 Å². The molecular formula is C22H25F3N2O4S. The van der Waals surface area contributed by atoms with E-state index >= 15 is 0 Å². The summed E-state index contributed by atoms with van der Waals surface area (Å²) >= 11 is 0. The second-order valence-corrected chi connectivity index (χ2v) is 9.53. The van der Waals surface area contributed by atoms with Crippen molar-refractivity contribution in [3.63, 3.8) is 0 Å². The zero-order valence-corrected chi connectivity index (χ0v) is 18.2. The van der Waals surface area contributed by atoms with Gasteiger partial charge in [0, 0.05) is 13.1 Å². The number of carbonyl (C=O) groups excluding carboxylic acids is 1. The van der Waals surface area contributed by atoms with E-state index in [4.69, 9.17) is 4.74 Å². The maximum atomic E-state index is 13.1. The van der Waals surface area contributed by atoms with Gasteiger partial charge in [0.2, 0.25) is 15.9 Å². The number of rotatable bonds is 7. The van der Waals surface area contributed by atoms with Gasteiger partial charge < -0.3 is 10.1 Å². The third-order valence-electron chi connectivity index (χ3n) is 5.03. The Morgan fingerprint density at radius 2 is 1.66 bits per heavy atom. The average Bonchev–Trinajstić information content (AvgIpc) is 3.03. The van der Waals surface area contributed by atoms with Gasteiger partial charge in [-0.05, 0) is 36.6 Å². The lowest BCUT2D eigenvalue weighted by Crippen LogP contribution is -2.32. The van der Waals surface area contributed by atoms with Gasteiger partial charge in [0.25, 0.3) is 0 Å². The van der Waals surface area contributed by atoms with Gasteiger partial charge in [-0.3, -0.25) is 4.79 Å². The molecule has 6 nitrogen and oxygen atoms in total. The summed E-state index contributed by atoms with van der Waals surface area (Å²) < 4.78 is 70.4. The Morgan fingerprint density at radius 3 is 2.28 bits per heavy atom. The van der Waals surface area contributed by atoms with Crippen molar-refractivity contribution in [2.45, 2.75) is 43.2 Å². The van der Waals surface area contributed by atoms with Crippen molar-refractivity contribution < 1.29 is 31.1 Å². The highest BCUT2D eigenvalue weighted by molar-refractivity contribution is 7.89. The van der Waals surface area contributed by atoms with E-state index in [1.165, 1.54) is 10.4 Å². The molecule has 0 aliphatic carbocycles. The smallest absolute Gasteiger partial charge is 0.422 e. The van der Waals surface area contributed by atoms with Crippen molar-refractivity contribution in [1.29, 1.82) is 0 Å². The van der Waals surface area contributed by atoms with Gasteiger partial charge in [-0.25, -0.2) is 8.42 Å². The summed E-state index contributed by atoms with van der Waals surface area (Å²) in [7, 11) is -3.86. The molecule has 10 heteroatoms. The predicted octanol–water partition coefficient (Wildman–Crippen LogP) is 4.37. The van der Waals surface area contributed by atoms with Crippen LogP contribution in [0.1, 0.15) is 31.2 Å². The maximum Gasteiger partial charge on any atom is 0.422 e. The van der Waals surface area contributed by atoms with Gasteiger partial charge in [-0.2, -0.15) is 17.5 Å². The van der Waals surface area contributed by atoms with Crippen LogP contribution in [0.4, 0.5) is 18.9 Å². The molecule has 1 N–H and O–H groups in total. The zero-order chi connectivity index (χ0) is 23.2. The van der Waals surface area contributed by atoms with Crippen LogP contribution in [0.25, 0.3) is 0 Å². The molecule has 32 heavy (non-hydrogen) atoms. The second-order valence-electron chi connectivity index (χ2n) is 7.59.